The quantitative estimate of drug-likeness (QED) is 0.639. The Balaban J connectivity index is 1.46. The Morgan fingerprint density at radius 1 is 1.03 bits per heavy atom. The third-order valence-electron chi connectivity index (χ3n) is 6.88. The normalized spacial score (nSPS) is 23.4. The molecule has 2 unspecified atom stereocenters. The minimum Gasteiger partial charge on any atom is -0.382 e. The predicted molar refractivity (Wildman–Crippen MR) is 132 cm³/mol. The summed E-state index contributed by atoms with van der Waals surface area (Å²) in [5.41, 5.74) is 1.71. The van der Waals surface area contributed by atoms with Gasteiger partial charge in [0.25, 0.3) is 0 Å². The largest absolute Gasteiger partial charge is 0.382 e. The highest BCUT2D eigenvalue weighted by Gasteiger charge is 2.40. The molecule has 2 fully saturated rings. The first-order valence-corrected chi connectivity index (χ1v) is 15.0. The number of rotatable bonds is 6. The van der Waals surface area contributed by atoms with Gasteiger partial charge in [0.2, 0.25) is 20.0 Å². The molecule has 0 radical (unpaired) electrons. The standard InChI is InChI=1S/C24H32FN3O4S2/c1-18(28-14-6-9-24(34(28,31)32)19-7-4-3-5-8-19)22-11-10-21(17-23(22)25)26-20-12-15-27(16-13-20)33(2,29)30/h3-5,7-8,10-11,17-18,20,24,26H,6,9,12-16H2,1-2H3. The minimum absolute atomic E-state index is 0.0507. The van der Waals surface area contributed by atoms with E-state index >= 15 is 4.39 Å². The van der Waals surface area contributed by atoms with Gasteiger partial charge in [0.1, 0.15) is 11.1 Å². The molecule has 10 heteroatoms. The molecule has 2 aliphatic rings. The van der Waals surface area contributed by atoms with Gasteiger partial charge < -0.3 is 5.32 Å². The zero-order valence-corrected chi connectivity index (χ0v) is 21.2. The Labute approximate surface area is 202 Å². The van der Waals surface area contributed by atoms with Crippen LogP contribution in [-0.4, -0.2) is 57.4 Å². The maximum atomic E-state index is 15.2. The van der Waals surface area contributed by atoms with Gasteiger partial charge in [-0.15, -0.1) is 0 Å². The molecule has 2 aliphatic heterocycles. The van der Waals surface area contributed by atoms with Crippen molar-refractivity contribution in [1.29, 1.82) is 0 Å². The summed E-state index contributed by atoms with van der Waals surface area (Å²) in [5.74, 6) is -0.455. The third-order valence-corrected chi connectivity index (χ3v) is 10.6. The number of hydrogen-bond acceptors (Lipinski definition) is 5. The van der Waals surface area contributed by atoms with Crippen LogP contribution in [0.15, 0.2) is 48.5 Å². The van der Waals surface area contributed by atoms with Gasteiger partial charge in [-0.25, -0.2) is 25.5 Å². The molecule has 2 atom stereocenters. The van der Waals surface area contributed by atoms with E-state index in [0.717, 1.165) is 12.0 Å². The van der Waals surface area contributed by atoms with E-state index in [4.69, 9.17) is 0 Å². The van der Waals surface area contributed by atoms with Gasteiger partial charge in [0.05, 0.1) is 6.26 Å². The van der Waals surface area contributed by atoms with Crippen molar-refractivity contribution in [2.45, 2.75) is 49.9 Å². The van der Waals surface area contributed by atoms with E-state index in [1.54, 1.807) is 19.1 Å². The number of halogens is 1. The maximum Gasteiger partial charge on any atom is 0.221 e. The average molecular weight is 510 g/mol. The highest BCUT2D eigenvalue weighted by atomic mass is 32.2. The van der Waals surface area contributed by atoms with Crippen LogP contribution in [0.1, 0.15) is 55.0 Å². The topological polar surface area (TPSA) is 86.8 Å². The van der Waals surface area contributed by atoms with Crippen LogP contribution in [0.2, 0.25) is 0 Å². The van der Waals surface area contributed by atoms with Crippen LogP contribution in [0, 0.1) is 5.82 Å². The fourth-order valence-electron chi connectivity index (χ4n) is 4.97. The van der Waals surface area contributed by atoms with Crippen molar-refractivity contribution in [3.63, 3.8) is 0 Å². The van der Waals surface area contributed by atoms with Crippen molar-refractivity contribution in [1.82, 2.24) is 8.61 Å². The summed E-state index contributed by atoms with van der Waals surface area (Å²) in [5, 5.41) is 2.67. The number of hydrogen-bond donors (Lipinski definition) is 1. The first-order valence-electron chi connectivity index (χ1n) is 11.6. The SMILES string of the molecule is CC(c1ccc(NC2CCN(S(C)(=O)=O)CC2)cc1F)N1CCCC(c2ccccc2)S1(=O)=O. The second kappa shape index (κ2) is 9.93. The van der Waals surface area contributed by atoms with Crippen LogP contribution in [0.4, 0.5) is 10.1 Å². The van der Waals surface area contributed by atoms with Crippen LogP contribution in [0.25, 0.3) is 0 Å². The van der Waals surface area contributed by atoms with Gasteiger partial charge in [0.15, 0.2) is 0 Å². The van der Waals surface area contributed by atoms with Crippen LogP contribution in [0.3, 0.4) is 0 Å². The first-order chi connectivity index (χ1) is 16.1. The lowest BCUT2D eigenvalue weighted by molar-refractivity contribution is 0.303. The average Bonchev–Trinajstić information content (AvgIpc) is 2.79. The van der Waals surface area contributed by atoms with Crippen LogP contribution in [0.5, 0.6) is 0 Å². The lowest BCUT2D eigenvalue weighted by atomic mass is 10.0. The summed E-state index contributed by atoms with van der Waals surface area (Å²) in [6, 6.07) is 13.4. The second-order valence-corrected chi connectivity index (χ2v) is 13.2. The van der Waals surface area contributed by atoms with Gasteiger partial charge >= 0.3 is 0 Å². The summed E-state index contributed by atoms with van der Waals surface area (Å²) in [7, 11) is -6.83. The smallest absolute Gasteiger partial charge is 0.221 e. The van der Waals surface area contributed by atoms with Gasteiger partial charge in [-0.05, 0) is 50.3 Å². The van der Waals surface area contributed by atoms with Gasteiger partial charge in [-0.1, -0.05) is 36.4 Å². The van der Waals surface area contributed by atoms with Crippen LogP contribution in [-0.2, 0) is 20.0 Å². The molecular weight excluding hydrogens is 477 g/mol. The van der Waals surface area contributed by atoms with Gasteiger partial charge in [0, 0.05) is 43.0 Å². The lowest BCUT2D eigenvalue weighted by Gasteiger charge is -2.36. The molecule has 2 saturated heterocycles. The summed E-state index contributed by atoms with van der Waals surface area (Å²) >= 11 is 0. The highest BCUT2D eigenvalue weighted by Crippen LogP contribution is 2.39. The van der Waals surface area contributed by atoms with E-state index in [0.29, 0.717) is 50.1 Å². The third kappa shape index (κ3) is 5.30. The molecule has 2 heterocycles. The number of nitrogens with one attached hydrogen (secondary N) is 1. The number of nitrogens with zero attached hydrogens (tertiary/aromatic N) is 2. The van der Waals surface area contributed by atoms with Crippen LogP contribution >= 0.6 is 0 Å². The molecule has 0 aromatic heterocycles. The summed E-state index contributed by atoms with van der Waals surface area (Å²) < 4.78 is 68.2. The summed E-state index contributed by atoms with van der Waals surface area (Å²) in [6.45, 7) is 2.97. The van der Waals surface area contributed by atoms with Crippen molar-refractivity contribution in [2.75, 3.05) is 31.2 Å². The number of anilines is 1. The summed E-state index contributed by atoms with van der Waals surface area (Å²) in [4.78, 5) is 0. The Morgan fingerprint density at radius 3 is 2.32 bits per heavy atom. The van der Waals surface area contributed by atoms with Crippen molar-refractivity contribution in [3.05, 3.63) is 65.5 Å². The molecule has 0 spiro atoms. The molecule has 0 saturated carbocycles. The first kappa shape index (κ1) is 25.1. The van der Waals surface area contributed by atoms with E-state index < -0.39 is 37.2 Å². The van der Waals surface area contributed by atoms with Crippen molar-refractivity contribution < 1.29 is 21.2 Å². The Hall–Kier alpha value is -2.01. The van der Waals surface area contributed by atoms with Crippen molar-refractivity contribution in [3.8, 4) is 0 Å². The van der Waals surface area contributed by atoms with Gasteiger partial charge in [-0.3, -0.25) is 0 Å². The Morgan fingerprint density at radius 2 is 1.71 bits per heavy atom. The fourth-order valence-corrected chi connectivity index (χ4v) is 8.08. The Kier molecular flexibility index (Phi) is 7.33. The lowest BCUT2D eigenvalue weighted by Crippen LogP contribution is -2.42. The van der Waals surface area contributed by atoms with E-state index in [1.807, 2.05) is 30.3 Å². The molecular formula is C24H32FN3O4S2. The minimum atomic E-state index is -3.63. The maximum absolute atomic E-state index is 15.2. The van der Waals surface area contributed by atoms with E-state index in [1.165, 1.54) is 20.9 Å². The second-order valence-electron chi connectivity index (χ2n) is 9.19. The highest BCUT2D eigenvalue weighted by molar-refractivity contribution is 7.89. The van der Waals surface area contributed by atoms with E-state index in [9.17, 15) is 16.8 Å². The molecule has 1 N–H and O–H groups in total. The number of piperidine rings is 1. The predicted octanol–water partition coefficient (Wildman–Crippen LogP) is 3.89. The fraction of sp³-hybridized carbons (Fsp3) is 0.500. The molecule has 0 aliphatic carbocycles. The summed E-state index contributed by atoms with van der Waals surface area (Å²) in [6.07, 6.45) is 3.76. The van der Waals surface area contributed by atoms with E-state index in [-0.39, 0.29) is 6.04 Å². The van der Waals surface area contributed by atoms with E-state index in [2.05, 4.69) is 5.32 Å². The molecule has 186 valence electrons. The van der Waals surface area contributed by atoms with Crippen molar-refractivity contribution in [2.24, 2.45) is 0 Å². The van der Waals surface area contributed by atoms with Crippen molar-refractivity contribution >= 4 is 25.7 Å². The molecule has 2 aromatic rings. The molecule has 4 rings (SSSR count). The zero-order chi connectivity index (χ0) is 24.5. The Bertz CT molecular complexity index is 1210. The van der Waals surface area contributed by atoms with Gasteiger partial charge in [-0.2, -0.15) is 4.31 Å². The molecule has 0 amide bonds. The monoisotopic (exact) mass is 509 g/mol. The molecule has 2 aromatic carbocycles. The molecule has 34 heavy (non-hydrogen) atoms. The number of sulfonamides is 2. The van der Waals surface area contributed by atoms with Crippen LogP contribution < -0.4 is 5.32 Å². The molecule has 0 bridgehead atoms. The zero-order valence-electron chi connectivity index (χ0n) is 19.5. The number of benzene rings is 2. The molecule has 7 nitrogen and oxygen atoms in total.